The molecule has 0 fully saturated rings. The summed E-state index contributed by atoms with van der Waals surface area (Å²) in [6.45, 7) is 4.68. The van der Waals surface area contributed by atoms with Crippen LogP contribution in [0.1, 0.15) is 24.6 Å². The van der Waals surface area contributed by atoms with E-state index >= 15 is 0 Å². The summed E-state index contributed by atoms with van der Waals surface area (Å²) in [5, 5.41) is 4.33. The van der Waals surface area contributed by atoms with E-state index in [0.29, 0.717) is 10.8 Å². The quantitative estimate of drug-likeness (QED) is 0.791. The fraction of sp³-hybridized carbons (Fsp3) is 0.444. The highest BCUT2D eigenvalue weighted by molar-refractivity contribution is 7.14. The van der Waals surface area contributed by atoms with Crippen molar-refractivity contribution in [2.75, 3.05) is 0 Å². The number of hydrogen-bond acceptors (Lipinski definition) is 5. The molecular formula is C9H10FN3OS. The predicted octanol–water partition coefficient (Wildman–Crippen LogP) is 2.71. The third-order valence-corrected chi connectivity index (χ3v) is 2.66. The maximum Gasteiger partial charge on any atom is 0.264 e. The van der Waals surface area contributed by atoms with Gasteiger partial charge in [0.1, 0.15) is 0 Å². The molecule has 0 saturated carbocycles. The van der Waals surface area contributed by atoms with Crippen molar-refractivity contribution in [3.63, 3.8) is 0 Å². The molecular weight excluding hydrogens is 217 g/mol. The lowest BCUT2D eigenvalue weighted by Gasteiger charge is -2.05. The van der Waals surface area contributed by atoms with E-state index in [-0.39, 0.29) is 5.89 Å². The first-order valence-corrected chi connectivity index (χ1v) is 5.24. The van der Waals surface area contributed by atoms with Gasteiger partial charge in [-0.15, -0.1) is 11.3 Å². The molecule has 2 aromatic heterocycles. The van der Waals surface area contributed by atoms with Gasteiger partial charge in [0.05, 0.1) is 0 Å². The Morgan fingerprint density at radius 3 is 2.67 bits per heavy atom. The van der Waals surface area contributed by atoms with Crippen molar-refractivity contribution in [3.05, 3.63) is 17.0 Å². The summed E-state index contributed by atoms with van der Waals surface area (Å²) in [7, 11) is 0. The fourth-order valence-electron chi connectivity index (χ4n) is 1.01. The summed E-state index contributed by atoms with van der Waals surface area (Å²) in [6, 6.07) is 0. The van der Waals surface area contributed by atoms with E-state index in [2.05, 4.69) is 15.1 Å². The lowest BCUT2D eigenvalue weighted by atomic mass is 10.2. The van der Waals surface area contributed by atoms with Gasteiger partial charge in [0.15, 0.2) is 10.7 Å². The molecule has 0 aromatic carbocycles. The monoisotopic (exact) mass is 227 g/mol. The molecule has 0 N–H and O–H groups in total. The largest absolute Gasteiger partial charge is 0.335 e. The Labute approximate surface area is 90.2 Å². The van der Waals surface area contributed by atoms with Crippen molar-refractivity contribution >= 4 is 11.3 Å². The molecule has 0 aliphatic carbocycles. The second-order valence-electron chi connectivity index (χ2n) is 3.67. The van der Waals surface area contributed by atoms with E-state index in [9.17, 15) is 4.39 Å². The third kappa shape index (κ3) is 2.04. The molecule has 2 rings (SSSR count). The highest BCUT2D eigenvalue weighted by atomic mass is 32.1. The lowest BCUT2D eigenvalue weighted by Crippen LogP contribution is -2.09. The van der Waals surface area contributed by atoms with Gasteiger partial charge in [0.25, 0.3) is 5.89 Å². The van der Waals surface area contributed by atoms with E-state index in [1.54, 1.807) is 6.20 Å². The molecule has 0 radical (unpaired) electrons. The lowest BCUT2D eigenvalue weighted by molar-refractivity contribution is 0.155. The molecule has 15 heavy (non-hydrogen) atoms. The molecule has 0 saturated heterocycles. The maximum absolute atomic E-state index is 13.4. The van der Waals surface area contributed by atoms with Crippen LogP contribution in [0.4, 0.5) is 4.39 Å². The van der Waals surface area contributed by atoms with Crippen LogP contribution in [-0.2, 0) is 5.67 Å². The van der Waals surface area contributed by atoms with Crippen molar-refractivity contribution in [1.29, 1.82) is 0 Å². The van der Waals surface area contributed by atoms with Crippen LogP contribution in [-0.4, -0.2) is 15.1 Å². The minimum Gasteiger partial charge on any atom is -0.335 e. The normalized spacial score (nSPS) is 12.0. The van der Waals surface area contributed by atoms with Crippen molar-refractivity contribution in [2.45, 2.75) is 26.4 Å². The standard InChI is InChI=1S/C9H10FN3OS/c1-5-4-11-7(15-5)6-12-8(14-13-6)9(2,3)10/h4H,1-3H3. The zero-order chi connectivity index (χ0) is 11.1. The summed E-state index contributed by atoms with van der Waals surface area (Å²) in [5.74, 6) is 0.319. The van der Waals surface area contributed by atoms with Crippen LogP contribution >= 0.6 is 11.3 Å². The average Bonchev–Trinajstić information content (AvgIpc) is 2.69. The zero-order valence-corrected chi connectivity index (χ0v) is 9.43. The summed E-state index contributed by atoms with van der Waals surface area (Å²) in [5.41, 5.74) is -1.61. The second-order valence-corrected chi connectivity index (χ2v) is 4.91. The van der Waals surface area contributed by atoms with E-state index < -0.39 is 5.67 Å². The van der Waals surface area contributed by atoms with Crippen molar-refractivity contribution < 1.29 is 8.91 Å². The summed E-state index contributed by atoms with van der Waals surface area (Å²) < 4.78 is 18.3. The summed E-state index contributed by atoms with van der Waals surface area (Å²) in [4.78, 5) is 9.10. The molecule has 0 aliphatic rings. The fourth-order valence-corrected chi connectivity index (χ4v) is 1.70. The van der Waals surface area contributed by atoms with Gasteiger partial charge in [-0.2, -0.15) is 4.98 Å². The smallest absolute Gasteiger partial charge is 0.264 e. The van der Waals surface area contributed by atoms with E-state index in [0.717, 1.165) is 4.88 Å². The molecule has 0 bridgehead atoms. The van der Waals surface area contributed by atoms with Crippen LogP contribution in [0.5, 0.6) is 0 Å². The van der Waals surface area contributed by atoms with Gasteiger partial charge in [-0.3, -0.25) is 0 Å². The molecule has 6 heteroatoms. The molecule has 0 atom stereocenters. The van der Waals surface area contributed by atoms with Gasteiger partial charge in [-0.05, 0) is 20.8 Å². The van der Waals surface area contributed by atoms with Gasteiger partial charge < -0.3 is 4.52 Å². The Kier molecular flexibility index (Phi) is 2.30. The molecule has 4 nitrogen and oxygen atoms in total. The number of halogens is 1. The van der Waals surface area contributed by atoms with Crippen molar-refractivity contribution in [2.24, 2.45) is 0 Å². The van der Waals surface area contributed by atoms with Crippen molar-refractivity contribution in [1.82, 2.24) is 15.1 Å². The van der Waals surface area contributed by atoms with Crippen molar-refractivity contribution in [3.8, 4) is 10.8 Å². The van der Waals surface area contributed by atoms with Gasteiger partial charge in [0.2, 0.25) is 5.82 Å². The highest BCUT2D eigenvalue weighted by Crippen LogP contribution is 2.27. The first-order chi connectivity index (χ1) is 6.97. The molecule has 2 heterocycles. The number of aromatic nitrogens is 3. The van der Waals surface area contributed by atoms with Gasteiger partial charge in [-0.1, -0.05) is 5.16 Å². The minimum atomic E-state index is -1.61. The molecule has 0 aliphatic heterocycles. The first-order valence-electron chi connectivity index (χ1n) is 4.43. The number of hydrogen-bond donors (Lipinski definition) is 0. The number of rotatable bonds is 2. The molecule has 0 amide bonds. The minimum absolute atomic E-state index is 0.0228. The van der Waals surface area contributed by atoms with Gasteiger partial charge >= 0.3 is 0 Å². The van der Waals surface area contributed by atoms with Crippen LogP contribution in [0.2, 0.25) is 0 Å². The maximum atomic E-state index is 13.4. The first kappa shape index (κ1) is 10.2. The van der Waals surface area contributed by atoms with Crippen LogP contribution in [0.15, 0.2) is 10.7 Å². The Hall–Kier alpha value is -1.30. The molecule has 0 unspecified atom stereocenters. The van der Waals surface area contributed by atoms with Crippen LogP contribution < -0.4 is 0 Å². The second kappa shape index (κ2) is 3.37. The molecule has 80 valence electrons. The SMILES string of the molecule is Cc1cnc(-c2noc(C(C)(C)F)n2)s1. The van der Waals surface area contributed by atoms with E-state index in [1.165, 1.54) is 25.2 Å². The number of aryl methyl sites for hydroxylation is 1. The molecule has 2 aromatic rings. The molecule has 0 spiro atoms. The highest BCUT2D eigenvalue weighted by Gasteiger charge is 2.27. The third-order valence-electron chi connectivity index (χ3n) is 1.75. The average molecular weight is 227 g/mol. The van der Waals surface area contributed by atoms with Gasteiger partial charge in [0, 0.05) is 11.1 Å². The van der Waals surface area contributed by atoms with Gasteiger partial charge in [-0.25, -0.2) is 9.37 Å². The zero-order valence-electron chi connectivity index (χ0n) is 8.61. The van der Waals surface area contributed by atoms with Crippen LogP contribution in [0.25, 0.3) is 10.8 Å². The topological polar surface area (TPSA) is 51.8 Å². The van der Waals surface area contributed by atoms with Crippen LogP contribution in [0.3, 0.4) is 0 Å². The Morgan fingerprint density at radius 1 is 1.47 bits per heavy atom. The Morgan fingerprint density at radius 2 is 2.20 bits per heavy atom. The number of alkyl halides is 1. The Balaban J connectivity index is 2.36. The predicted molar refractivity (Wildman–Crippen MR) is 54.3 cm³/mol. The summed E-state index contributed by atoms with van der Waals surface area (Å²) in [6.07, 6.45) is 1.72. The van der Waals surface area contributed by atoms with E-state index in [1.807, 2.05) is 6.92 Å². The Bertz CT molecular complexity index is 472. The summed E-state index contributed by atoms with van der Waals surface area (Å²) >= 11 is 1.45. The van der Waals surface area contributed by atoms with E-state index in [4.69, 9.17) is 4.52 Å². The number of nitrogens with zero attached hydrogens (tertiary/aromatic N) is 3. The number of thiazole rings is 1. The van der Waals surface area contributed by atoms with Crippen LogP contribution in [0, 0.1) is 6.92 Å².